The molecular weight excluding hydrogens is 365 g/mol. The van der Waals surface area contributed by atoms with Gasteiger partial charge in [-0.1, -0.05) is 13.0 Å². The SMILES string of the molecule is CCC1=CCC(Oc2ncc3c(c2C#N)C(O)CC(F)(F)S3)=CC(F)=C1. The first-order valence-electron chi connectivity index (χ1n) is 7.95. The zero-order chi connectivity index (χ0) is 18.9. The standard InChI is InChI=1S/C18H15F3N2O2S/c1-2-10-3-4-12(6-11(19)5-10)25-17-13(8-22)16-14(24)7-18(20,21)26-15(16)9-23-17/h3,5-6,9,14,24H,2,4,7H2,1H3. The third-order valence-electron chi connectivity index (χ3n) is 4.01. The van der Waals surface area contributed by atoms with Crippen LogP contribution in [0.1, 0.15) is 43.4 Å². The monoisotopic (exact) mass is 380 g/mol. The van der Waals surface area contributed by atoms with Crippen molar-refractivity contribution in [2.45, 2.75) is 42.4 Å². The van der Waals surface area contributed by atoms with Gasteiger partial charge >= 0.3 is 5.25 Å². The fourth-order valence-corrected chi connectivity index (χ4v) is 3.80. The fourth-order valence-electron chi connectivity index (χ4n) is 2.78. The molecule has 0 fully saturated rings. The van der Waals surface area contributed by atoms with Gasteiger partial charge in [-0.2, -0.15) is 14.0 Å². The summed E-state index contributed by atoms with van der Waals surface area (Å²) in [7, 11) is 0. The molecule has 2 heterocycles. The van der Waals surface area contributed by atoms with Crippen molar-refractivity contribution in [1.29, 1.82) is 5.26 Å². The van der Waals surface area contributed by atoms with Gasteiger partial charge in [0, 0.05) is 29.2 Å². The molecule has 2 aliphatic rings. The summed E-state index contributed by atoms with van der Waals surface area (Å²) in [5, 5.41) is 16.4. The number of thioether (sulfide) groups is 1. The number of aliphatic hydroxyl groups is 1. The van der Waals surface area contributed by atoms with Crippen molar-refractivity contribution < 1.29 is 23.0 Å². The Morgan fingerprint density at radius 1 is 1.46 bits per heavy atom. The number of hydrogen-bond donors (Lipinski definition) is 1. The van der Waals surface area contributed by atoms with Crippen LogP contribution in [0, 0.1) is 11.3 Å². The summed E-state index contributed by atoms with van der Waals surface area (Å²) in [6.45, 7) is 1.90. The number of rotatable bonds is 3. The molecule has 0 aromatic carbocycles. The Hall–Kier alpha value is -2.24. The molecule has 0 radical (unpaired) electrons. The van der Waals surface area contributed by atoms with Gasteiger partial charge in [-0.15, -0.1) is 0 Å². The van der Waals surface area contributed by atoms with Crippen molar-refractivity contribution in [2.75, 3.05) is 0 Å². The zero-order valence-electron chi connectivity index (χ0n) is 13.8. The molecule has 0 saturated heterocycles. The van der Waals surface area contributed by atoms with Gasteiger partial charge in [-0.3, -0.25) is 0 Å². The molecule has 0 saturated carbocycles. The minimum absolute atomic E-state index is 0.0340. The van der Waals surface area contributed by atoms with Gasteiger partial charge in [0.05, 0.1) is 12.5 Å². The Balaban J connectivity index is 1.96. The maximum absolute atomic E-state index is 13.9. The maximum atomic E-state index is 13.9. The number of halogens is 3. The van der Waals surface area contributed by atoms with Crippen LogP contribution in [0.3, 0.4) is 0 Å². The van der Waals surface area contributed by atoms with Gasteiger partial charge < -0.3 is 9.84 Å². The van der Waals surface area contributed by atoms with Gasteiger partial charge in [-0.25, -0.2) is 9.37 Å². The van der Waals surface area contributed by atoms with Crippen LogP contribution < -0.4 is 4.74 Å². The van der Waals surface area contributed by atoms with Crippen LogP contribution in [0.5, 0.6) is 5.88 Å². The molecule has 1 atom stereocenters. The number of nitrogens with zero attached hydrogens (tertiary/aromatic N) is 2. The van der Waals surface area contributed by atoms with Gasteiger partial charge in [-0.05, 0) is 29.8 Å². The van der Waals surface area contributed by atoms with Gasteiger partial charge in [0.1, 0.15) is 23.2 Å². The van der Waals surface area contributed by atoms with Crippen LogP contribution in [0.25, 0.3) is 0 Å². The first-order chi connectivity index (χ1) is 12.3. The van der Waals surface area contributed by atoms with Crippen molar-refractivity contribution in [2.24, 2.45) is 0 Å². The molecule has 136 valence electrons. The smallest absolute Gasteiger partial charge is 0.301 e. The van der Waals surface area contributed by atoms with E-state index < -0.39 is 23.6 Å². The molecule has 1 N–H and O–H groups in total. The van der Waals surface area contributed by atoms with Gasteiger partial charge in [0.25, 0.3) is 0 Å². The lowest BCUT2D eigenvalue weighted by molar-refractivity contribution is 0.0271. The Labute approximate surface area is 152 Å². The second-order valence-electron chi connectivity index (χ2n) is 5.87. The maximum Gasteiger partial charge on any atom is 0.301 e. The predicted octanol–water partition coefficient (Wildman–Crippen LogP) is 4.93. The summed E-state index contributed by atoms with van der Waals surface area (Å²) in [4.78, 5) is 3.97. The summed E-state index contributed by atoms with van der Waals surface area (Å²) in [6, 6.07) is 1.86. The van der Waals surface area contributed by atoms with Gasteiger partial charge in [0.2, 0.25) is 5.88 Å². The number of allylic oxidation sites excluding steroid dienone is 5. The largest absolute Gasteiger partial charge is 0.442 e. The minimum atomic E-state index is -3.14. The number of aromatic nitrogens is 1. The number of pyridine rings is 1. The quantitative estimate of drug-likeness (QED) is 0.805. The van der Waals surface area contributed by atoms with E-state index in [2.05, 4.69) is 4.98 Å². The van der Waals surface area contributed by atoms with E-state index in [4.69, 9.17) is 4.74 Å². The highest BCUT2D eigenvalue weighted by molar-refractivity contribution is 8.00. The molecule has 1 aliphatic heterocycles. The average Bonchev–Trinajstić information content (AvgIpc) is 2.74. The molecule has 0 spiro atoms. The van der Waals surface area contributed by atoms with Crippen LogP contribution in [0.4, 0.5) is 13.2 Å². The first kappa shape index (κ1) is 18.5. The lowest BCUT2D eigenvalue weighted by atomic mass is 10.0. The number of aliphatic hydroxyl groups excluding tert-OH is 1. The third kappa shape index (κ3) is 3.79. The molecule has 8 heteroatoms. The molecule has 1 aromatic rings. The number of fused-ring (bicyclic) bond motifs is 1. The Morgan fingerprint density at radius 3 is 2.92 bits per heavy atom. The molecule has 1 unspecified atom stereocenters. The second kappa shape index (κ2) is 7.17. The zero-order valence-corrected chi connectivity index (χ0v) is 14.6. The van der Waals surface area contributed by atoms with Crippen molar-refractivity contribution in [3.05, 3.63) is 52.7 Å². The predicted molar refractivity (Wildman–Crippen MR) is 90.2 cm³/mol. The molecular formula is C18H15F3N2O2S. The molecule has 0 amide bonds. The van der Waals surface area contributed by atoms with E-state index in [0.717, 1.165) is 11.8 Å². The number of nitriles is 1. The van der Waals surface area contributed by atoms with E-state index >= 15 is 0 Å². The second-order valence-corrected chi connectivity index (χ2v) is 7.11. The van der Waals surface area contributed by atoms with E-state index in [1.807, 2.05) is 13.0 Å². The first-order valence-corrected chi connectivity index (χ1v) is 8.77. The number of hydrogen-bond acceptors (Lipinski definition) is 5. The van der Waals surface area contributed by atoms with Crippen molar-refractivity contribution >= 4 is 11.8 Å². The van der Waals surface area contributed by atoms with Crippen LogP contribution in [-0.2, 0) is 0 Å². The summed E-state index contributed by atoms with van der Waals surface area (Å²) in [5.74, 6) is -0.393. The Morgan fingerprint density at radius 2 is 2.23 bits per heavy atom. The van der Waals surface area contributed by atoms with E-state index in [1.165, 1.54) is 12.2 Å². The fraction of sp³-hybridized carbons (Fsp3) is 0.333. The van der Waals surface area contributed by atoms with Gasteiger partial charge in [0.15, 0.2) is 0 Å². The van der Waals surface area contributed by atoms with Crippen LogP contribution >= 0.6 is 11.8 Å². The highest BCUT2D eigenvalue weighted by Gasteiger charge is 2.42. The van der Waals surface area contributed by atoms with Crippen LogP contribution in [0.2, 0.25) is 0 Å². The normalized spacial score (nSPS) is 21.5. The van der Waals surface area contributed by atoms with E-state index in [9.17, 15) is 23.5 Å². The van der Waals surface area contributed by atoms with Crippen molar-refractivity contribution in [1.82, 2.24) is 4.98 Å². The molecule has 1 aliphatic carbocycles. The number of ether oxygens (including phenoxy) is 1. The summed E-state index contributed by atoms with van der Waals surface area (Å²) in [5.41, 5.74) is 0.765. The van der Waals surface area contributed by atoms with E-state index in [-0.39, 0.29) is 39.4 Å². The van der Waals surface area contributed by atoms with Crippen molar-refractivity contribution in [3.8, 4) is 11.9 Å². The highest BCUT2D eigenvalue weighted by atomic mass is 32.2. The summed E-state index contributed by atoms with van der Waals surface area (Å²) < 4.78 is 46.7. The van der Waals surface area contributed by atoms with E-state index in [0.29, 0.717) is 12.8 Å². The molecule has 3 rings (SSSR count). The average molecular weight is 380 g/mol. The molecule has 1 aromatic heterocycles. The number of alkyl halides is 2. The Kier molecular flexibility index (Phi) is 5.12. The lowest BCUT2D eigenvalue weighted by Gasteiger charge is -2.28. The van der Waals surface area contributed by atoms with Crippen LogP contribution in [-0.4, -0.2) is 15.3 Å². The highest BCUT2D eigenvalue weighted by Crippen LogP contribution is 2.51. The summed E-state index contributed by atoms with van der Waals surface area (Å²) in [6.07, 6.45) is 4.18. The molecule has 0 bridgehead atoms. The summed E-state index contributed by atoms with van der Waals surface area (Å²) >= 11 is 0.253. The molecule has 26 heavy (non-hydrogen) atoms. The van der Waals surface area contributed by atoms with Crippen LogP contribution in [0.15, 0.2) is 46.5 Å². The third-order valence-corrected chi connectivity index (χ3v) is 5.02. The molecule has 4 nitrogen and oxygen atoms in total. The topological polar surface area (TPSA) is 66.1 Å². The minimum Gasteiger partial charge on any atom is -0.442 e. The lowest BCUT2D eigenvalue weighted by Crippen LogP contribution is -2.22. The van der Waals surface area contributed by atoms with Crippen molar-refractivity contribution in [3.63, 3.8) is 0 Å². The Bertz CT molecular complexity index is 872. The van der Waals surface area contributed by atoms with E-state index in [1.54, 1.807) is 6.08 Å².